The molecule has 0 saturated carbocycles. The minimum atomic E-state index is -2.47. The van der Waals surface area contributed by atoms with Gasteiger partial charge in [0.15, 0.2) is 5.78 Å². The van der Waals surface area contributed by atoms with Gasteiger partial charge in [0.25, 0.3) is 0 Å². The quantitative estimate of drug-likeness (QED) is 0.0113. The molecule has 44 heteroatoms. The predicted molar refractivity (Wildman–Crippen MR) is 400 cm³/mol. The number of aliphatic hydroxyl groups excluding tert-OH is 1. The number of primary amides is 1. The van der Waals surface area contributed by atoms with E-state index in [2.05, 4.69) is 65.1 Å². The molecule has 2 heterocycles. The summed E-state index contributed by atoms with van der Waals surface area (Å²) in [5.41, 5.74) is 17.5. The van der Waals surface area contributed by atoms with Crippen molar-refractivity contribution in [2.45, 2.75) is 209 Å². The van der Waals surface area contributed by atoms with E-state index in [-0.39, 0.29) is 37.1 Å². The van der Waals surface area contributed by atoms with Crippen molar-refractivity contribution in [2.24, 2.45) is 17.4 Å². The summed E-state index contributed by atoms with van der Waals surface area (Å²) in [5, 5.41) is 78.2. The second-order valence-electron chi connectivity index (χ2n) is 27.4. The first-order valence-corrected chi connectivity index (χ1v) is 36.9. The largest absolute Gasteiger partial charge is 0.481 e. The Labute approximate surface area is 661 Å². The molecule has 4 rings (SSSR count). The minimum Gasteiger partial charge on any atom is -0.481 e. The Hall–Kier alpha value is -12.8. The topological polar surface area (TPSA) is 702 Å². The molecule has 14 amide bonds. The van der Waals surface area contributed by atoms with Crippen LogP contribution in [0.4, 0.5) is 10.1 Å². The van der Waals surface area contributed by atoms with Crippen LogP contribution in [0.2, 0.25) is 0 Å². The lowest BCUT2D eigenvalue weighted by atomic mass is 9.96. The number of rotatable bonds is 35. The number of unbranched alkanes of at least 4 members (excludes halogenated alkanes) is 6. The lowest BCUT2D eigenvalue weighted by Gasteiger charge is -2.30. The summed E-state index contributed by atoms with van der Waals surface area (Å²) in [6.45, 7) is 1.03. The van der Waals surface area contributed by atoms with Crippen LogP contribution in [0.1, 0.15) is 146 Å². The summed E-state index contributed by atoms with van der Waals surface area (Å²) in [6, 6.07) is -14.1. The van der Waals surface area contributed by atoms with Crippen molar-refractivity contribution in [2.75, 3.05) is 32.0 Å². The highest BCUT2D eigenvalue weighted by Crippen LogP contribution is 2.23. The lowest BCUT2D eigenvalue weighted by Crippen LogP contribution is -2.62. The Kier molecular flexibility index (Phi) is 39.3. The maximum Gasteiger partial charge on any atom is 0.329 e. The van der Waals surface area contributed by atoms with Crippen molar-refractivity contribution in [3.63, 3.8) is 0 Å². The molecule has 2 aromatic carbocycles. The number of Topliss-reactive ketones (excluding diaryl/α,β-unsaturated/α-hetero) is 1. The molecule has 25 N–H and O–H groups in total. The summed E-state index contributed by atoms with van der Waals surface area (Å²) in [7, 11) is 0. The number of aliphatic carboxylic acids is 4. The number of carbonyl (C=O) groups is 20. The average molecular weight is 1640 g/mol. The third-order valence-electron chi connectivity index (χ3n) is 17.9. The van der Waals surface area contributed by atoms with Crippen molar-refractivity contribution in [1.82, 2.24) is 74.1 Å². The van der Waals surface area contributed by atoms with Crippen LogP contribution in [0.15, 0.2) is 48.7 Å². The summed E-state index contributed by atoms with van der Waals surface area (Å²) in [6.07, 6.45) is -3.01. The van der Waals surface area contributed by atoms with Gasteiger partial charge in [0.2, 0.25) is 82.7 Å². The number of anilines is 1. The first-order valence-electron chi connectivity index (χ1n) is 36.9. The third kappa shape index (κ3) is 32.4. The minimum absolute atomic E-state index is 0.0690. The number of aromatic amines is 1. The predicted octanol–water partition coefficient (Wildman–Crippen LogP) is -5.48. The first kappa shape index (κ1) is 95.6. The molecule has 0 aliphatic carbocycles. The zero-order valence-corrected chi connectivity index (χ0v) is 63.9. The number of hydrogen-bond donors (Lipinski definition) is 22. The van der Waals surface area contributed by atoms with Gasteiger partial charge in [-0.05, 0) is 81.5 Å². The van der Waals surface area contributed by atoms with Crippen LogP contribution < -0.4 is 86.3 Å². The van der Waals surface area contributed by atoms with Gasteiger partial charge in [-0.25, -0.2) is 9.18 Å². The van der Waals surface area contributed by atoms with Crippen LogP contribution in [0, 0.1) is 11.7 Å². The molecule has 1 aliphatic heterocycles. The van der Waals surface area contributed by atoms with Crippen LogP contribution in [-0.2, 0) is 102 Å². The second-order valence-corrected chi connectivity index (χ2v) is 27.4. The molecule has 116 heavy (non-hydrogen) atoms. The Morgan fingerprint density at radius 1 is 0.578 bits per heavy atom. The lowest BCUT2D eigenvalue weighted by molar-refractivity contribution is -0.156. The van der Waals surface area contributed by atoms with Crippen molar-refractivity contribution in [3.05, 3.63) is 65.6 Å². The Bertz CT molecular complexity index is 4100. The molecule has 0 spiro atoms. The van der Waals surface area contributed by atoms with Crippen LogP contribution in [0.5, 0.6) is 0 Å². The maximum absolute atomic E-state index is 14.8. The number of aliphatic hydroxyl groups is 1. The van der Waals surface area contributed by atoms with Gasteiger partial charge in [-0.3, -0.25) is 91.1 Å². The van der Waals surface area contributed by atoms with E-state index in [1.54, 1.807) is 0 Å². The molecule has 636 valence electrons. The highest BCUT2D eigenvalue weighted by atomic mass is 19.1. The van der Waals surface area contributed by atoms with Gasteiger partial charge in [-0.1, -0.05) is 64.5 Å². The maximum atomic E-state index is 14.8. The van der Waals surface area contributed by atoms with Gasteiger partial charge in [0.05, 0.1) is 51.8 Å². The molecular weight excluding hydrogens is 1540 g/mol. The van der Waals surface area contributed by atoms with Crippen molar-refractivity contribution in [3.8, 4) is 0 Å². The van der Waals surface area contributed by atoms with E-state index in [0.717, 1.165) is 65.0 Å². The van der Waals surface area contributed by atoms with Crippen LogP contribution in [0.25, 0.3) is 10.9 Å². The number of carboxylic acid groups (broad SMARTS) is 4. The van der Waals surface area contributed by atoms with Gasteiger partial charge in [-0.15, -0.1) is 0 Å². The van der Waals surface area contributed by atoms with Gasteiger partial charge in [0.1, 0.15) is 78.4 Å². The zero-order valence-electron chi connectivity index (χ0n) is 63.9. The second kappa shape index (κ2) is 47.7. The molecular formula is C72H100FN17O26. The number of carbonyl (C=O) groups excluding carboxylic acids is 16. The van der Waals surface area contributed by atoms with E-state index in [9.17, 15) is 126 Å². The Balaban J connectivity index is 1.88. The smallest absolute Gasteiger partial charge is 0.329 e. The summed E-state index contributed by atoms with van der Waals surface area (Å²) < 4.78 is 20.0. The fraction of sp³-hybridized carbons (Fsp3) is 0.528. The van der Waals surface area contributed by atoms with Gasteiger partial charge in [-0.2, -0.15) is 0 Å². The standard InChI is InChI=1S/C72H100FN17O26/c1-5-6-7-8-9-10-11-18-53(94)82-44(23-37-30-77-43-24-38(73)19-20-39(37)43)66(109)85-45(26-52(76)93)67(110)87-48(29-59(103)104)68(111)90-61-36(4)116-72(115)49(25-51(92)40-15-12-13-16-41(40)75)88-71(114)60(34(2)22-56(97)98)89-69(112)50(33-91)83-55(96)31-78-63(106)46(27-57(99)100)84-62(105)35(3)80-65(108)47(28-58(101)102)86-64(107)42(17-14-21-74)81-54(95)32-79-70(61)113/h12-13,15-16,19-20,24,30,34-36,42,44-50,60-61,77,91H,5-11,14,17-18,21-23,25-29,31-33,74-75H2,1-4H3,(H2,76,93)(H,78,106)(H,79,113)(H,80,108)(H,81,95)(H,82,94)(H,83,96)(H,84,105)(H,85,109)(H,86,107)(H,87,110)(H,88,114)(H,89,112)(H,90,111)(H,97,98)(H,99,100)(H,101,102)(H,103,104)/t34?,35-,36-,42+,44+,45-,46+,47+,48+,49+,50-,60+,61+/m1/s1. The summed E-state index contributed by atoms with van der Waals surface area (Å²) in [5.74, 6) is -30.8. The van der Waals surface area contributed by atoms with Crippen molar-refractivity contribution < 1.29 is 131 Å². The number of esters is 1. The Morgan fingerprint density at radius 3 is 1.72 bits per heavy atom. The number of ketones is 1. The van der Waals surface area contributed by atoms with E-state index < -0.39 is 267 Å². The monoisotopic (exact) mass is 1640 g/mol. The van der Waals surface area contributed by atoms with Crippen LogP contribution >= 0.6 is 0 Å². The number of nitrogens with one attached hydrogen (secondary N) is 14. The molecule has 43 nitrogen and oxygen atoms in total. The van der Waals surface area contributed by atoms with Crippen LogP contribution in [0.3, 0.4) is 0 Å². The van der Waals surface area contributed by atoms with E-state index in [1.165, 1.54) is 36.5 Å². The molecule has 1 fully saturated rings. The van der Waals surface area contributed by atoms with E-state index >= 15 is 0 Å². The number of H-pyrrole nitrogens is 1. The SMILES string of the molecule is CCCCCCCCCC(=O)N[C@@H](Cc1c[nH]c2cc(F)ccc12)C(=O)N[C@H](CC(N)=O)C(=O)N[C@@H](CC(=O)O)C(=O)N[C@@H]1C(=O)NCC(=O)N[C@@H](CCCN)C(=O)N[C@@H](CC(=O)O)C(=O)N[C@H](C)C(=O)N[C@@H](CC(=O)O)C(=O)NCC(=O)N[C@H](CO)C(=O)N[C@@H](C(C)CC(=O)O)C(=O)N[C@@H](CC(=O)c2ccccc2N)C(=O)O[C@@H]1C. The fourth-order valence-corrected chi connectivity index (χ4v) is 11.8. The number of fused-ring (bicyclic) bond motifs is 1. The number of hydrogen-bond acceptors (Lipinski definition) is 24. The molecule has 1 aromatic heterocycles. The molecule has 1 saturated heterocycles. The number of carboxylic acids is 4. The zero-order chi connectivity index (χ0) is 86.6. The molecule has 1 aliphatic rings. The number of benzene rings is 2. The molecule has 1 unspecified atom stereocenters. The van der Waals surface area contributed by atoms with E-state index in [1.807, 2.05) is 16.0 Å². The van der Waals surface area contributed by atoms with E-state index in [0.29, 0.717) is 29.3 Å². The number of halogens is 1. The van der Waals surface area contributed by atoms with Crippen molar-refractivity contribution >= 4 is 135 Å². The number of nitrogens with two attached hydrogens (primary N) is 3. The number of amides is 14. The number of ether oxygens (including phenoxy) is 1. The summed E-state index contributed by atoms with van der Waals surface area (Å²) >= 11 is 0. The van der Waals surface area contributed by atoms with E-state index in [4.69, 9.17) is 21.9 Å². The molecule has 13 atom stereocenters. The number of para-hydroxylation sites is 1. The summed E-state index contributed by atoms with van der Waals surface area (Å²) in [4.78, 5) is 276. The number of cyclic esters (lactones) is 1. The number of nitrogen functional groups attached to an aromatic ring is 1. The molecule has 3 aromatic rings. The number of aromatic nitrogens is 1. The van der Waals surface area contributed by atoms with Gasteiger partial charge < -0.3 is 122 Å². The van der Waals surface area contributed by atoms with Gasteiger partial charge >= 0.3 is 29.8 Å². The average Bonchev–Trinajstić information content (AvgIpc) is 1.64. The highest BCUT2D eigenvalue weighted by molar-refractivity contribution is 6.05. The highest BCUT2D eigenvalue weighted by Gasteiger charge is 2.41. The fourth-order valence-electron chi connectivity index (χ4n) is 11.8. The van der Waals surface area contributed by atoms with Crippen molar-refractivity contribution in [1.29, 1.82) is 0 Å². The third-order valence-corrected chi connectivity index (χ3v) is 17.9. The van der Waals surface area contributed by atoms with Gasteiger partial charge in [0, 0.05) is 47.6 Å². The molecule has 0 bridgehead atoms. The normalized spacial score (nSPS) is 21.1. The first-order chi connectivity index (χ1) is 54.7. The Morgan fingerprint density at radius 2 is 1.13 bits per heavy atom. The molecule has 0 radical (unpaired) electrons. The van der Waals surface area contributed by atoms with Crippen LogP contribution in [-0.4, -0.2) is 248 Å².